The fraction of sp³-hybridized carbons (Fsp3) is 0.222. The molecule has 0 aliphatic rings. The van der Waals surface area contributed by atoms with E-state index in [2.05, 4.69) is 21.2 Å². The first kappa shape index (κ1) is 14.4. The summed E-state index contributed by atoms with van der Waals surface area (Å²) < 4.78 is 22.6. The first-order valence-corrected chi connectivity index (χ1v) is 7.26. The minimum atomic E-state index is -3.76. The van der Waals surface area contributed by atoms with Crippen LogP contribution in [-0.2, 0) is 14.8 Å². The number of benzene rings is 1. The molecule has 1 aromatic rings. The van der Waals surface area contributed by atoms with Crippen LogP contribution in [0.15, 0.2) is 27.6 Å². The summed E-state index contributed by atoms with van der Waals surface area (Å²) >= 11 is 8.73. The second-order valence-electron chi connectivity index (χ2n) is 3.29. The molecule has 8 heteroatoms. The van der Waals surface area contributed by atoms with Gasteiger partial charge in [0.25, 0.3) is 0 Å². The van der Waals surface area contributed by atoms with Crippen molar-refractivity contribution < 1.29 is 13.2 Å². The van der Waals surface area contributed by atoms with E-state index in [1.54, 1.807) is 0 Å². The van der Waals surface area contributed by atoms with Crippen LogP contribution in [0.2, 0.25) is 0 Å². The zero-order chi connectivity index (χ0) is 13.2. The van der Waals surface area contributed by atoms with E-state index in [0.29, 0.717) is 10.2 Å². The lowest BCUT2D eigenvalue weighted by Gasteiger charge is -2.09. The molecule has 1 rings (SSSR count). The van der Waals surface area contributed by atoms with E-state index in [4.69, 9.17) is 16.7 Å². The Labute approximate surface area is 113 Å². The highest BCUT2D eigenvalue weighted by atomic mass is 79.9. The summed E-state index contributed by atoms with van der Waals surface area (Å²) in [5.74, 6) is -0.379. The average molecular weight is 342 g/mol. The first-order chi connectivity index (χ1) is 7.71. The van der Waals surface area contributed by atoms with Gasteiger partial charge in [-0.15, -0.1) is 11.6 Å². The van der Waals surface area contributed by atoms with Gasteiger partial charge in [0, 0.05) is 4.47 Å². The van der Waals surface area contributed by atoms with Crippen molar-refractivity contribution in [1.29, 1.82) is 0 Å². The maximum atomic E-state index is 11.3. The molecule has 0 aliphatic carbocycles. The maximum absolute atomic E-state index is 11.3. The maximum Gasteiger partial charge on any atom is 0.242 e. The van der Waals surface area contributed by atoms with Gasteiger partial charge in [0.05, 0.1) is 10.6 Å². The summed E-state index contributed by atoms with van der Waals surface area (Å²) in [6.45, 7) is 1.53. The Balaban J connectivity index is 3.03. The Morgan fingerprint density at radius 2 is 2.12 bits per heavy atom. The second-order valence-corrected chi connectivity index (χ2v) is 6.36. The molecule has 1 aromatic carbocycles. The van der Waals surface area contributed by atoms with Crippen molar-refractivity contribution in [3.05, 3.63) is 22.7 Å². The molecule has 0 saturated heterocycles. The Morgan fingerprint density at radius 3 is 2.53 bits per heavy atom. The van der Waals surface area contributed by atoms with Gasteiger partial charge in [-0.1, -0.05) is 0 Å². The lowest BCUT2D eigenvalue weighted by Crippen LogP contribution is -2.20. The van der Waals surface area contributed by atoms with Gasteiger partial charge >= 0.3 is 0 Å². The average Bonchev–Trinajstić information content (AvgIpc) is 2.19. The second kappa shape index (κ2) is 5.34. The van der Waals surface area contributed by atoms with Gasteiger partial charge in [0.1, 0.15) is 5.38 Å². The number of carbonyl (C=O) groups excluding carboxylic acids is 1. The van der Waals surface area contributed by atoms with Gasteiger partial charge < -0.3 is 5.32 Å². The normalized spacial score (nSPS) is 13.2. The van der Waals surface area contributed by atoms with Gasteiger partial charge in [0.2, 0.25) is 15.9 Å². The summed E-state index contributed by atoms with van der Waals surface area (Å²) in [7, 11) is -3.76. The third kappa shape index (κ3) is 3.95. The molecular formula is C9H10BrClN2O3S. The molecule has 17 heavy (non-hydrogen) atoms. The molecule has 1 unspecified atom stereocenters. The lowest BCUT2D eigenvalue weighted by atomic mass is 10.3. The van der Waals surface area contributed by atoms with Crippen LogP contribution in [0.1, 0.15) is 6.92 Å². The van der Waals surface area contributed by atoms with Crippen molar-refractivity contribution in [2.24, 2.45) is 5.14 Å². The number of rotatable bonds is 3. The fourth-order valence-electron chi connectivity index (χ4n) is 1.01. The largest absolute Gasteiger partial charge is 0.324 e. The number of primary sulfonamides is 1. The molecule has 0 radical (unpaired) electrons. The third-order valence-electron chi connectivity index (χ3n) is 1.89. The first-order valence-electron chi connectivity index (χ1n) is 4.49. The Kier molecular flexibility index (Phi) is 4.54. The number of anilines is 1. The van der Waals surface area contributed by atoms with Gasteiger partial charge in [-0.05, 0) is 41.1 Å². The highest BCUT2D eigenvalue weighted by Crippen LogP contribution is 2.25. The molecule has 0 fully saturated rings. The van der Waals surface area contributed by atoms with Gasteiger partial charge in [0.15, 0.2) is 0 Å². The Hall–Kier alpha value is -0.630. The number of hydrogen-bond donors (Lipinski definition) is 2. The highest BCUT2D eigenvalue weighted by molar-refractivity contribution is 9.10. The molecule has 0 heterocycles. The quantitative estimate of drug-likeness (QED) is 0.819. The SMILES string of the molecule is CC(Cl)C(=O)Nc1ccc(S(N)(=O)=O)cc1Br. The zero-order valence-electron chi connectivity index (χ0n) is 8.78. The van der Waals surface area contributed by atoms with Crippen LogP contribution in [0.4, 0.5) is 5.69 Å². The minimum absolute atomic E-state index is 0.0405. The van der Waals surface area contributed by atoms with E-state index < -0.39 is 15.4 Å². The Morgan fingerprint density at radius 1 is 1.53 bits per heavy atom. The summed E-state index contributed by atoms with van der Waals surface area (Å²) in [6.07, 6.45) is 0. The van der Waals surface area contributed by atoms with Crippen LogP contribution in [0.5, 0.6) is 0 Å². The number of amides is 1. The van der Waals surface area contributed by atoms with Crippen molar-refractivity contribution in [1.82, 2.24) is 0 Å². The molecule has 0 aliphatic heterocycles. The van der Waals surface area contributed by atoms with E-state index in [1.165, 1.54) is 25.1 Å². The summed E-state index contributed by atoms with van der Waals surface area (Å²) in [5.41, 5.74) is 0.426. The summed E-state index contributed by atoms with van der Waals surface area (Å²) in [5, 5.41) is 6.82. The van der Waals surface area contributed by atoms with E-state index in [0.717, 1.165) is 0 Å². The minimum Gasteiger partial charge on any atom is -0.324 e. The summed E-state index contributed by atoms with van der Waals surface area (Å²) in [4.78, 5) is 11.3. The van der Waals surface area contributed by atoms with Crippen LogP contribution >= 0.6 is 27.5 Å². The number of hydrogen-bond acceptors (Lipinski definition) is 3. The van der Waals surface area contributed by atoms with Crippen molar-refractivity contribution in [2.75, 3.05) is 5.32 Å². The van der Waals surface area contributed by atoms with Crippen LogP contribution in [-0.4, -0.2) is 19.7 Å². The van der Waals surface area contributed by atoms with Gasteiger partial charge in [-0.25, -0.2) is 13.6 Å². The third-order valence-corrected chi connectivity index (χ3v) is 3.65. The van der Waals surface area contributed by atoms with E-state index >= 15 is 0 Å². The highest BCUT2D eigenvalue weighted by Gasteiger charge is 2.14. The number of nitrogens with one attached hydrogen (secondary N) is 1. The molecule has 3 N–H and O–H groups in total. The van der Waals surface area contributed by atoms with Crippen molar-refractivity contribution in [3.8, 4) is 0 Å². The molecule has 0 spiro atoms. The lowest BCUT2D eigenvalue weighted by molar-refractivity contribution is -0.115. The number of nitrogens with two attached hydrogens (primary N) is 1. The zero-order valence-corrected chi connectivity index (χ0v) is 11.9. The monoisotopic (exact) mass is 340 g/mol. The number of alkyl halides is 1. The van der Waals surface area contributed by atoms with Crippen LogP contribution in [0.3, 0.4) is 0 Å². The number of carbonyl (C=O) groups is 1. The fourth-order valence-corrected chi connectivity index (χ4v) is 2.23. The van der Waals surface area contributed by atoms with Gasteiger partial charge in [-0.2, -0.15) is 0 Å². The van der Waals surface area contributed by atoms with Crippen LogP contribution in [0.25, 0.3) is 0 Å². The van der Waals surface area contributed by atoms with E-state index in [-0.39, 0.29) is 10.8 Å². The Bertz CT molecular complexity index is 545. The predicted molar refractivity (Wildman–Crippen MR) is 69.5 cm³/mol. The van der Waals surface area contributed by atoms with E-state index in [9.17, 15) is 13.2 Å². The molecule has 0 saturated carbocycles. The van der Waals surface area contributed by atoms with Crippen molar-refractivity contribution >= 4 is 49.1 Å². The predicted octanol–water partition coefficient (Wildman–Crippen LogP) is 1.66. The van der Waals surface area contributed by atoms with Gasteiger partial charge in [-0.3, -0.25) is 4.79 Å². The molecule has 0 bridgehead atoms. The molecule has 94 valence electrons. The number of halogens is 2. The molecule has 1 atom stereocenters. The van der Waals surface area contributed by atoms with Crippen molar-refractivity contribution in [2.45, 2.75) is 17.2 Å². The number of sulfonamides is 1. The van der Waals surface area contributed by atoms with Crippen LogP contribution < -0.4 is 10.5 Å². The standard InChI is InChI=1S/C9H10BrClN2O3S/c1-5(11)9(14)13-8-3-2-6(4-7(8)10)17(12,15)16/h2-5H,1H3,(H,13,14)(H2,12,15,16). The van der Waals surface area contributed by atoms with Crippen LogP contribution in [0, 0.1) is 0 Å². The molecule has 1 amide bonds. The smallest absolute Gasteiger partial charge is 0.242 e. The molecular weight excluding hydrogens is 332 g/mol. The van der Waals surface area contributed by atoms with E-state index in [1.807, 2.05) is 0 Å². The van der Waals surface area contributed by atoms with Crippen molar-refractivity contribution in [3.63, 3.8) is 0 Å². The summed E-state index contributed by atoms with van der Waals surface area (Å²) in [6, 6.07) is 4.04. The topological polar surface area (TPSA) is 89.3 Å². The molecule has 0 aromatic heterocycles. The molecule has 5 nitrogen and oxygen atoms in total.